The Labute approximate surface area is 126 Å². The summed E-state index contributed by atoms with van der Waals surface area (Å²) in [5.41, 5.74) is 0. The standard InChI is InChI=1S/C15H23NO4S/c1-19-14-9-8-13(10-15(14)20-2)21(17,18)16-11-12-6-4-3-5-7-12/h8-10,12,16H,3-7,11H2,1-2H3. The van der Waals surface area contributed by atoms with Gasteiger partial charge in [-0.15, -0.1) is 0 Å². The molecule has 1 N–H and O–H groups in total. The van der Waals surface area contributed by atoms with Gasteiger partial charge in [0, 0.05) is 12.6 Å². The molecule has 1 aromatic carbocycles. The molecule has 0 unspecified atom stereocenters. The molecule has 0 saturated heterocycles. The van der Waals surface area contributed by atoms with Crippen molar-refractivity contribution in [3.05, 3.63) is 18.2 Å². The Balaban J connectivity index is 2.07. The molecule has 118 valence electrons. The molecule has 1 aromatic rings. The van der Waals surface area contributed by atoms with E-state index in [0.717, 1.165) is 12.8 Å². The van der Waals surface area contributed by atoms with Crippen LogP contribution in [0.3, 0.4) is 0 Å². The fraction of sp³-hybridized carbons (Fsp3) is 0.600. The highest BCUT2D eigenvalue weighted by Crippen LogP contribution is 2.29. The lowest BCUT2D eigenvalue weighted by Gasteiger charge is -2.21. The van der Waals surface area contributed by atoms with Crippen molar-refractivity contribution in [1.82, 2.24) is 4.72 Å². The number of hydrogen-bond donors (Lipinski definition) is 1. The van der Waals surface area contributed by atoms with Gasteiger partial charge >= 0.3 is 0 Å². The van der Waals surface area contributed by atoms with Crippen LogP contribution in [0.5, 0.6) is 11.5 Å². The summed E-state index contributed by atoms with van der Waals surface area (Å²) in [5, 5.41) is 0. The zero-order valence-electron chi connectivity index (χ0n) is 12.6. The highest BCUT2D eigenvalue weighted by Gasteiger charge is 2.20. The van der Waals surface area contributed by atoms with Gasteiger partial charge in [0.1, 0.15) is 0 Å². The number of sulfonamides is 1. The van der Waals surface area contributed by atoms with Gasteiger partial charge in [-0.1, -0.05) is 19.3 Å². The summed E-state index contributed by atoms with van der Waals surface area (Å²) in [6.07, 6.45) is 5.87. The van der Waals surface area contributed by atoms with E-state index in [0.29, 0.717) is 24.0 Å². The van der Waals surface area contributed by atoms with Crippen LogP contribution in [0.1, 0.15) is 32.1 Å². The minimum Gasteiger partial charge on any atom is -0.493 e. The van der Waals surface area contributed by atoms with E-state index >= 15 is 0 Å². The second kappa shape index (κ2) is 7.13. The van der Waals surface area contributed by atoms with Crippen LogP contribution in [0, 0.1) is 5.92 Å². The molecular formula is C15H23NO4S. The van der Waals surface area contributed by atoms with E-state index in [9.17, 15) is 8.42 Å². The molecule has 1 saturated carbocycles. The zero-order valence-corrected chi connectivity index (χ0v) is 13.4. The number of benzene rings is 1. The van der Waals surface area contributed by atoms with E-state index in [-0.39, 0.29) is 4.90 Å². The van der Waals surface area contributed by atoms with Crippen LogP contribution in [-0.4, -0.2) is 29.2 Å². The molecule has 0 atom stereocenters. The molecule has 0 bridgehead atoms. The van der Waals surface area contributed by atoms with E-state index in [2.05, 4.69) is 4.72 Å². The van der Waals surface area contributed by atoms with Crippen LogP contribution in [0.4, 0.5) is 0 Å². The van der Waals surface area contributed by atoms with E-state index in [4.69, 9.17) is 9.47 Å². The molecular weight excluding hydrogens is 290 g/mol. The summed E-state index contributed by atoms with van der Waals surface area (Å²) >= 11 is 0. The van der Waals surface area contributed by atoms with Gasteiger partial charge in [0.25, 0.3) is 0 Å². The van der Waals surface area contributed by atoms with Crippen LogP contribution < -0.4 is 14.2 Å². The molecule has 6 heteroatoms. The lowest BCUT2D eigenvalue weighted by atomic mass is 9.90. The highest BCUT2D eigenvalue weighted by atomic mass is 32.2. The van der Waals surface area contributed by atoms with Crippen molar-refractivity contribution in [2.24, 2.45) is 5.92 Å². The van der Waals surface area contributed by atoms with Gasteiger partial charge in [0.2, 0.25) is 10.0 Å². The van der Waals surface area contributed by atoms with E-state index in [1.807, 2.05) is 0 Å². The fourth-order valence-corrected chi connectivity index (χ4v) is 3.82. The van der Waals surface area contributed by atoms with Crippen molar-refractivity contribution in [2.75, 3.05) is 20.8 Å². The Bertz CT molecular complexity index is 565. The first-order valence-corrected chi connectivity index (χ1v) is 8.77. The minimum absolute atomic E-state index is 0.205. The molecule has 0 aromatic heterocycles. The van der Waals surface area contributed by atoms with Crippen molar-refractivity contribution >= 4 is 10.0 Å². The average Bonchev–Trinajstić information content (AvgIpc) is 2.53. The van der Waals surface area contributed by atoms with Crippen LogP contribution in [-0.2, 0) is 10.0 Å². The molecule has 0 heterocycles. The Hall–Kier alpha value is -1.27. The third kappa shape index (κ3) is 4.11. The Morgan fingerprint density at radius 2 is 1.76 bits per heavy atom. The average molecular weight is 313 g/mol. The van der Waals surface area contributed by atoms with Crippen LogP contribution in [0.2, 0.25) is 0 Å². The summed E-state index contributed by atoms with van der Waals surface area (Å²) < 4.78 is 37.6. The predicted octanol–water partition coefficient (Wildman–Crippen LogP) is 2.56. The first kappa shape index (κ1) is 16.1. The Morgan fingerprint density at radius 3 is 2.38 bits per heavy atom. The molecule has 5 nitrogen and oxygen atoms in total. The maximum Gasteiger partial charge on any atom is 0.240 e. The Morgan fingerprint density at radius 1 is 1.10 bits per heavy atom. The fourth-order valence-electron chi connectivity index (χ4n) is 2.69. The quantitative estimate of drug-likeness (QED) is 0.876. The molecule has 0 aliphatic heterocycles. The third-order valence-corrected chi connectivity index (χ3v) is 5.37. The monoisotopic (exact) mass is 313 g/mol. The molecule has 1 aliphatic carbocycles. The molecule has 0 spiro atoms. The van der Waals surface area contributed by atoms with Crippen molar-refractivity contribution < 1.29 is 17.9 Å². The molecule has 0 radical (unpaired) electrons. The number of rotatable bonds is 6. The van der Waals surface area contributed by atoms with Crippen molar-refractivity contribution in [3.63, 3.8) is 0 Å². The largest absolute Gasteiger partial charge is 0.493 e. The first-order chi connectivity index (χ1) is 10.1. The normalized spacial score (nSPS) is 16.7. The second-order valence-corrected chi connectivity index (χ2v) is 7.14. The number of hydrogen-bond acceptors (Lipinski definition) is 4. The molecule has 1 fully saturated rings. The second-order valence-electron chi connectivity index (χ2n) is 5.37. The number of methoxy groups -OCH3 is 2. The molecule has 21 heavy (non-hydrogen) atoms. The number of nitrogens with one attached hydrogen (secondary N) is 1. The van der Waals surface area contributed by atoms with Crippen molar-refractivity contribution in [3.8, 4) is 11.5 Å². The van der Waals surface area contributed by atoms with E-state index in [1.165, 1.54) is 45.6 Å². The number of ether oxygens (including phenoxy) is 2. The summed E-state index contributed by atoms with van der Waals surface area (Å²) in [5.74, 6) is 1.38. The lowest BCUT2D eigenvalue weighted by molar-refractivity contribution is 0.353. The van der Waals surface area contributed by atoms with Gasteiger partial charge in [0.15, 0.2) is 11.5 Å². The molecule has 2 rings (SSSR count). The minimum atomic E-state index is -3.50. The smallest absolute Gasteiger partial charge is 0.240 e. The SMILES string of the molecule is COc1ccc(S(=O)(=O)NCC2CCCCC2)cc1OC. The lowest BCUT2D eigenvalue weighted by Crippen LogP contribution is -2.30. The van der Waals surface area contributed by atoms with Gasteiger partial charge < -0.3 is 9.47 Å². The predicted molar refractivity (Wildman–Crippen MR) is 81.3 cm³/mol. The first-order valence-electron chi connectivity index (χ1n) is 7.28. The van der Waals surface area contributed by atoms with Crippen LogP contribution in [0.25, 0.3) is 0 Å². The third-order valence-electron chi connectivity index (χ3n) is 3.95. The maximum atomic E-state index is 12.3. The summed E-state index contributed by atoms with van der Waals surface area (Å²) in [6.45, 7) is 0.511. The van der Waals surface area contributed by atoms with E-state index < -0.39 is 10.0 Å². The van der Waals surface area contributed by atoms with Gasteiger partial charge in [-0.05, 0) is 30.9 Å². The van der Waals surface area contributed by atoms with Gasteiger partial charge in [-0.25, -0.2) is 13.1 Å². The van der Waals surface area contributed by atoms with Crippen LogP contribution in [0.15, 0.2) is 23.1 Å². The van der Waals surface area contributed by atoms with Gasteiger partial charge in [-0.3, -0.25) is 0 Å². The zero-order chi connectivity index (χ0) is 15.3. The highest BCUT2D eigenvalue weighted by molar-refractivity contribution is 7.89. The van der Waals surface area contributed by atoms with Crippen molar-refractivity contribution in [2.45, 2.75) is 37.0 Å². The van der Waals surface area contributed by atoms with Gasteiger partial charge in [0.05, 0.1) is 19.1 Å². The molecule has 1 aliphatic rings. The van der Waals surface area contributed by atoms with Gasteiger partial charge in [-0.2, -0.15) is 0 Å². The van der Waals surface area contributed by atoms with E-state index in [1.54, 1.807) is 6.07 Å². The van der Waals surface area contributed by atoms with Crippen molar-refractivity contribution in [1.29, 1.82) is 0 Å². The molecule has 0 amide bonds. The van der Waals surface area contributed by atoms with Crippen LogP contribution >= 0.6 is 0 Å². The topological polar surface area (TPSA) is 64.6 Å². The maximum absolute atomic E-state index is 12.3. The summed E-state index contributed by atoms with van der Waals surface area (Å²) in [4.78, 5) is 0.205. The summed E-state index contributed by atoms with van der Waals surface area (Å²) in [6, 6.07) is 4.63. The Kier molecular flexibility index (Phi) is 5.47. The summed E-state index contributed by atoms with van der Waals surface area (Å²) in [7, 11) is -0.492.